The maximum absolute atomic E-state index is 12.8. The molecule has 0 radical (unpaired) electrons. The van der Waals surface area contributed by atoms with Crippen molar-refractivity contribution in [3.8, 4) is 0 Å². The number of aliphatic imine (C=N–C) groups is 1. The van der Waals surface area contributed by atoms with Gasteiger partial charge in [0.05, 0.1) is 30.3 Å². The van der Waals surface area contributed by atoms with Crippen LogP contribution in [-0.4, -0.2) is 46.5 Å². The number of carbonyl (C=O) groups excluding carboxylic acids is 2. The number of amides is 1. The van der Waals surface area contributed by atoms with Crippen LogP contribution in [0.25, 0.3) is 0 Å². The third kappa shape index (κ3) is 3.51. The summed E-state index contributed by atoms with van der Waals surface area (Å²) in [5.74, 6) is -0.209. The molecule has 0 spiro atoms. The van der Waals surface area contributed by atoms with E-state index in [1.54, 1.807) is 18.3 Å². The number of thioether (sulfide) groups is 1. The maximum Gasteiger partial charge on any atom is 0.338 e. The number of allylic oxidation sites excluding steroid dienone is 1. The summed E-state index contributed by atoms with van der Waals surface area (Å²) in [5.41, 5.74) is 3.13. The van der Waals surface area contributed by atoms with Crippen LogP contribution in [-0.2, 0) is 14.3 Å². The molecule has 8 heteroatoms. The SMILES string of the molecule is CCOC(=O)C1=C(C)N=C2SC=C(CC(=O)N3CCCC3)N2C1c1ccsc1. The van der Waals surface area contributed by atoms with E-state index in [-0.39, 0.29) is 17.9 Å². The Morgan fingerprint density at radius 1 is 1.32 bits per heavy atom. The van der Waals surface area contributed by atoms with Gasteiger partial charge in [-0.2, -0.15) is 11.3 Å². The second-order valence-corrected chi connectivity index (χ2v) is 8.55. The Balaban J connectivity index is 1.67. The van der Waals surface area contributed by atoms with Crippen LogP contribution < -0.4 is 0 Å². The van der Waals surface area contributed by atoms with E-state index in [1.165, 1.54) is 11.8 Å². The highest BCUT2D eigenvalue weighted by Gasteiger charge is 2.41. The predicted octanol–water partition coefficient (Wildman–Crippen LogP) is 3.90. The van der Waals surface area contributed by atoms with E-state index in [4.69, 9.17) is 4.74 Å². The van der Waals surface area contributed by atoms with Crippen molar-refractivity contribution in [2.45, 2.75) is 39.2 Å². The minimum absolute atomic E-state index is 0.138. The van der Waals surface area contributed by atoms with Crippen molar-refractivity contribution in [2.75, 3.05) is 19.7 Å². The van der Waals surface area contributed by atoms with Gasteiger partial charge in [0.2, 0.25) is 5.91 Å². The van der Waals surface area contributed by atoms with Crippen LogP contribution in [0.1, 0.15) is 44.7 Å². The van der Waals surface area contributed by atoms with E-state index in [0.717, 1.165) is 42.4 Å². The first-order valence-electron chi connectivity index (χ1n) is 9.51. The summed E-state index contributed by atoms with van der Waals surface area (Å²) in [5, 5.41) is 6.85. The molecule has 4 rings (SSSR count). The fourth-order valence-corrected chi connectivity index (χ4v) is 5.46. The van der Waals surface area contributed by atoms with E-state index in [0.29, 0.717) is 24.3 Å². The van der Waals surface area contributed by atoms with Gasteiger partial charge in [0, 0.05) is 18.8 Å². The highest BCUT2D eigenvalue weighted by Crippen LogP contribution is 2.45. The van der Waals surface area contributed by atoms with Gasteiger partial charge in [0.25, 0.3) is 0 Å². The van der Waals surface area contributed by atoms with E-state index >= 15 is 0 Å². The molecule has 1 unspecified atom stereocenters. The molecule has 1 aromatic heterocycles. The molecule has 1 atom stereocenters. The van der Waals surface area contributed by atoms with E-state index in [1.807, 2.05) is 39.0 Å². The molecule has 6 nitrogen and oxygen atoms in total. The van der Waals surface area contributed by atoms with Crippen LogP contribution in [0.15, 0.2) is 44.2 Å². The van der Waals surface area contributed by atoms with E-state index in [2.05, 4.69) is 4.99 Å². The largest absolute Gasteiger partial charge is 0.463 e. The number of hydrogen-bond donors (Lipinski definition) is 0. The summed E-state index contributed by atoms with van der Waals surface area (Å²) < 4.78 is 5.34. The fraction of sp³-hybridized carbons (Fsp3) is 0.450. The molecule has 3 aliphatic heterocycles. The summed E-state index contributed by atoms with van der Waals surface area (Å²) >= 11 is 3.10. The minimum atomic E-state index is -0.346. The highest BCUT2D eigenvalue weighted by atomic mass is 32.2. The fourth-order valence-electron chi connectivity index (χ4n) is 3.82. The summed E-state index contributed by atoms with van der Waals surface area (Å²) in [6, 6.07) is 1.71. The number of hydrogen-bond acceptors (Lipinski definition) is 7. The number of fused-ring (bicyclic) bond motifs is 1. The van der Waals surface area contributed by atoms with Crippen molar-refractivity contribution < 1.29 is 14.3 Å². The molecular weight excluding hydrogens is 394 g/mol. The van der Waals surface area contributed by atoms with Crippen LogP contribution in [0.5, 0.6) is 0 Å². The predicted molar refractivity (Wildman–Crippen MR) is 112 cm³/mol. The van der Waals surface area contributed by atoms with Crippen molar-refractivity contribution in [1.82, 2.24) is 9.80 Å². The Bertz CT molecular complexity index is 867. The number of thiophene rings is 1. The summed E-state index contributed by atoms with van der Waals surface area (Å²) in [6.45, 7) is 5.64. The van der Waals surface area contributed by atoms with Crippen LogP contribution in [0, 0.1) is 0 Å². The van der Waals surface area contributed by atoms with Gasteiger partial charge in [-0.25, -0.2) is 9.79 Å². The normalized spacial score (nSPS) is 21.6. The lowest BCUT2D eigenvalue weighted by molar-refractivity contribution is -0.139. The van der Waals surface area contributed by atoms with Gasteiger partial charge in [-0.3, -0.25) is 4.79 Å². The van der Waals surface area contributed by atoms with Crippen molar-refractivity contribution in [3.63, 3.8) is 0 Å². The van der Waals surface area contributed by atoms with E-state index in [9.17, 15) is 9.59 Å². The summed E-state index contributed by atoms with van der Waals surface area (Å²) in [7, 11) is 0. The van der Waals surface area contributed by atoms with Gasteiger partial charge in [-0.1, -0.05) is 11.8 Å². The number of likely N-dealkylation sites (tertiary alicyclic amines) is 1. The Hall–Kier alpha value is -2.06. The van der Waals surface area contributed by atoms with Crippen molar-refractivity contribution in [3.05, 3.63) is 44.8 Å². The maximum atomic E-state index is 12.8. The van der Waals surface area contributed by atoms with E-state index < -0.39 is 0 Å². The molecule has 0 bridgehead atoms. The lowest BCUT2D eigenvalue weighted by Crippen LogP contribution is -2.38. The minimum Gasteiger partial charge on any atom is -0.463 e. The molecule has 28 heavy (non-hydrogen) atoms. The monoisotopic (exact) mass is 417 g/mol. The topological polar surface area (TPSA) is 62.2 Å². The zero-order chi connectivity index (χ0) is 19.7. The molecular formula is C20H23N3O3S2. The van der Waals surface area contributed by atoms with Gasteiger partial charge >= 0.3 is 5.97 Å². The Labute approximate surface area is 172 Å². The molecule has 3 aliphatic rings. The molecule has 1 fully saturated rings. The molecule has 0 N–H and O–H groups in total. The third-order valence-electron chi connectivity index (χ3n) is 5.15. The van der Waals surface area contributed by atoms with Crippen molar-refractivity contribution >= 4 is 40.1 Å². The number of amidine groups is 1. The first kappa shape index (κ1) is 19.3. The van der Waals surface area contributed by atoms with Crippen molar-refractivity contribution in [2.24, 2.45) is 4.99 Å². The standard InChI is InChI=1S/C20H23N3O3S2/c1-3-26-19(25)17-13(2)21-20-23(18(17)14-6-9-27-11-14)15(12-28-20)10-16(24)22-7-4-5-8-22/h6,9,11-12,18H,3-5,7-8,10H2,1-2H3. The average molecular weight is 418 g/mol. The molecule has 4 heterocycles. The molecule has 0 aliphatic carbocycles. The number of ether oxygens (including phenoxy) is 1. The van der Waals surface area contributed by atoms with Gasteiger partial charge < -0.3 is 14.5 Å². The number of rotatable bonds is 5. The third-order valence-corrected chi connectivity index (χ3v) is 6.74. The van der Waals surface area contributed by atoms with Crippen LogP contribution in [0.4, 0.5) is 0 Å². The molecule has 0 saturated carbocycles. The number of carbonyl (C=O) groups is 2. The molecule has 1 aromatic rings. The quantitative estimate of drug-likeness (QED) is 0.680. The van der Waals surface area contributed by atoms with Gasteiger partial charge in [-0.05, 0) is 54.5 Å². The number of esters is 1. The van der Waals surface area contributed by atoms with Gasteiger partial charge in [0.15, 0.2) is 5.17 Å². The Kier molecular flexibility index (Phi) is 5.59. The smallest absolute Gasteiger partial charge is 0.338 e. The molecule has 148 valence electrons. The lowest BCUT2D eigenvalue weighted by Gasteiger charge is -2.36. The molecule has 1 amide bonds. The van der Waals surface area contributed by atoms with Crippen LogP contribution >= 0.6 is 23.1 Å². The Morgan fingerprint density at radius 3 is 2.79 bits per heavy atom. The second kappa shape index (κ2) is 8.13. The molecule has 1 saturated heterocycles. The molecule has 0 aromatic carbocycles. The summed E-state index contributed by atoms with van der Waals surface area (Å²) in [4.78, 5) is 34.2. The first-order valence-corrected chi connectivity index (χ1v) is 11.3. The van der Waals surface area contributed by atoms with Crippen LogP contribution in [0.2, 0.25) is 0 Å². The first-order chi connectivity index (χ1) is 13.6. The summed E-state index contributed by atoms with van der Waals surface area (Å²) in [6.07, 6.45) is 2.46. The average Bonchev–Trinajstić information content (AvgIpc) is 3.43. The van der Waals surface area contributed by atoms with Gasteiger partial charge in [0.1, 0.15) is 0 Å². The van der Waals surface area contributed by atoms with Crippen molar-refractivity contribution in [1.29, 1.82) is 0 Å². The zero-order valence-corrected chi connectivity index (χ0v) is 17.6. The zero-order valence-electron chi connectivity index (χ0n) is 16.0. The van der Waals surface area contributed by atoms with Crippen LogP contribution in [0.3, 0.4) is 0 Å². The number of nitrogens with zero attached hydrogens (tertiary/aromatic N) is 3. The Morgan fingerprint density at radius 2 is 2.11 bits per heavy atom. The van der Waals surface area contributed by atoms with Gasteiger partial charge in [-0.15, -0.1) is 0 Å². The second-order valence-electron chi connectivity index (χ2n) is 6.93. The lowest BCUT2D eigenvalue weighted by atomic mass is 9.96. The highest BCUT2D eigenvalue weighted by molar-refractivity contribution is 8.16.